The van der Waals surface area contributed by atoms with E-state index in [1.807, 2.05) is 6.07 Å². The van der Waals surface area contributed by atoms with E-state index in [2.05, 4.69) is 23.8 Å². The fourth-order valence-corrected chi connectivity index (χ4v) is 1.68. The molecule has 0 bridgehead atoms. The summed E-state index contributed by atoms with van der Waals surface area (Å²) in [5.74, 6) is 0. The van der Waals surface area contributed by atoms with E-state index in [0.29, 0.717) is 0 Å². The highest BCUT2D eigenvalue weighted by Gasteiger charge is 2.52. The van der Waals surface area contributed by atoms with Crippen LogP contribution in [-0.2, 0) is 5.41 Å². The highest BCUT2D eigenvalue weighted by atomic mass is 14.9. The van der Waals surface area contributed by atoms with Gasteiger partial charge in [0.15, 0.2) is 0 Å². The summed E-state index contributed by atoms with van der Waals surface area (Å²) >= 11 is 0. The Hall–Kier alpha value is -0.960. The molecule has 1 aliphatic rings. The molecule has 70 valence electrons. The van der Waals surface area contributed by atoms with Crippen molar-refractivity contribution in [1.29, 1.82) is 0 Å². The predicted molar refractivity (Wildman–Crippen MR) is 51.2 cm³/mol. The second kappa shape index (κ2) is 2.51. The topological polar surface area (TPSA) is 51.8 Å². The van der Waals surface area contributed by atoms with Gasteiger partial charge >= 0.3 is 0 Å². The van der Waals surface area contributed by atoms with Crippen molar-refractivity contribution in [1.82, 2.24) is 9.97 Å². The van der Waals surface area contributed by atoms with Gasteiger partial charge < -0.3 is 5.73 Å². The highest BCUT2D eigenvalue weighted by Crippen LogP contribution is 2.48. The van der Waals surface area contributed by atoms with Gasteiger partial charge in [0.2, 0.25) is 0 Å². The van der Waals surface area contributed by atoms with Gasteiger partial charge in [-0.2, -0.15) is 0 Å². The molecular weight excluding hydrogens is 162 g/mol. The molecule has 0 saturated heterocycles. The lowest BCUT2D eigenvalue weighted by Gasteiger charge is -2.30. The molecule has 1 fully saturated rings. The van der Waals surface area contributed by atoms with Crippen molar-refractivity contribution in [2.75, 3.05) is 0 Å². The summed E-state index contributed by atoms with van der Waals surface area (Å²) < 4.78 is 0. The summed E-state index contributed by atoms with van der Waals surface area (Å²) in [5.41, 5.74) is 7.17. The minimum Gasteiger partial charge on any atom is -0.324 e. The van der Waals surface area contributed by atoms with Crippen molar-refractivity contribution in [3.8, 4) is 0 Å². The SMILES string of the molecule is CC(C)(c1ccncn1)C1(N)CC1. The minimum absolute atomic E-state index is 0.0318. The van der Waals surface area contributed by atoms with Crippen LogP contribution in [0.25, 0.3) is 0 Å². The molecule has 1 heterocycles. The Kier molecular flexibility index (Phi) is 1.67. The van der Waals surface area contributed by atoms with Gasteiger partial charge in [0.05, 0.1) is 5.69 Å². The van der Waals surface area contributed by atoms with Gasteiger partial charge in [-0.15, -0.1) is 0 Å². The first-order chi connectivity index (χ1) is 6.06. The van der Waals surface area contributed by atoms with Gasteiger partial charge in [0.25, 0.3) is 0 Å². The van der Waals surface area contributed by atoms with Crippen LogP contribution in [0.15, 0.2) is 18.6 Å². The summed E-state index contributed by atoms with van der Waals surface area (Å²) in [4.78, 5) is 8.18. The molecule has 0 radical (unpaired) electrons. The van der Waals surface area contributed by atoms with Crippen molar-refractivity contribution in [2.24, 2.45) is 5.73 Å². The fourth-order valence-electron chi connectivity index (χ4n) is 1.68. The summed E-state index contributed by atoms with van der Waals surface area (Å²) in [5, 5.41) is 0. The van der Waals surface area contributed by atoms with Crippen LogP contribution in [0.3, 0.4) is 0 Å². The van der Waals surface area contributed by atoms with Gasteiger partial charge in [0.1, 0.15) is 6.33 Å². The molecule has 0 unspecified atom stereocenters. The molecule has 0 amide bonds. The maximum absolute atomic E-state index is 6.20. The van der Waals surface area contributed by atoms with E-state index >= 15 is 0 Å². The van der Waals surface area contributed by atoms with Crippen LogP contribution in [0, 0.1) is 0 Å². The Bertz CT molecular complexity index is 301. The van der Waals surface area contributed by atoms with Gasteiger partial charge in [-0.05, 0) is 18.9 Å². The molecule has 1 aromatic heterocycles. The standard InChI is InChI=1S/C10H15N3/c1-9(2,10(11)4-5-10)8-3-6-12-7-13-8/h3,6-7H,4-5,11H2,1-2H3. The summed E-state index contributed by atoms with van der Waals surface area (Å²) in [6.07, 6.45) is 5.56. The van der Waals surface area contributed by atoms with Gasteiger partial charge in [0, 0.05) is 17.2 Å². The number of nitrogens with two attached hydrogens (primary N) is 1. The smallest absolute Gasteiger partial charge is 0.115 e. The summed E-state index contributed by atoms with van der Waals surface area (Å²) in [6, 6.07) is 1.95. The summed E-state index contributed by atoms with van der Waals surface area (Å²) in [7, 11) is 0. The van der Waals surface area contributed by atoms with Crippen LogP contribution >= 0.6 is 0 Å². The number of rotatable bonds is 2. The van der Waals surface area contributed by atoms with Crippen LogP contribution in [0.4, 0.5) is 0 Å². The third kappa shape index (κ3) is 1.23. The molecule has 0 aliphatic heterocycles. The van der Waals surface area contributed by atoms with E-state index in [0.717, 1.165) is 18.5 Å². The quantitative estimate of drug-likeness (QED) is 0.739. The molecule has 0 atom stereocenters. The fraction of sp³-hybridized carbons (Fsp3) is 0.600. The largest absolute Gasteiger partial charge is 0.324 e. The number of aromatic nitrogens is 2. The maximum Gasteiger partial charge on any atom is 0.115 e. The first-order valence-corrected chi connectivity index (χ1v) is 4.62. The van der Waals surface area contributed by atoms with Crippen molar-refractivity contribution < 1.29 is 0 Å². The Labute approximate surface area is 78.4 Å². The van der Waals surface area contributed by atoms with Crippen LogP contribution in [0.5, 0.6) is 0 Å². The second-order valence-electron chi connectivity index (χ2n) is 4.38. The molecule has 3 heteroatoms. The van der Waals surface area contributed by atoms with Crippen LogP contribution in [0.1, 0.15) is 32.4 Å². The molecule has 1 aliphatic carbocycles. The highest BCUT2D eigenvalue weighted by molar-refractivity contribution is 5.25. The van der Waals surface area contributed by atoms with Crippen LogP contribution in [0.2, 0.25) is 0 Å². The number of hydrogen-bond donors (Lipinski definition) is 1. The molecule has 3 nitrogen and oxygen atoms in total. The zero-order valence-corrected chi connectivity index (χ0v) is 8.12. The second-order valence-corrected chi connectivity index (χ2v) is 4.38. The molecule has 0 aromatic carbocycles. The van der Waals surface area contributed by atoms with Crippen molar-refractivity contribution >= 4 is 0 Å². The van der Waals surface area contributed by atoms with Crippen molar-refractivity contribution in [2.45, 2.75) is 37.6 Å². The molecule has 1 aromatic rings. The van der Waals surface area contributed by atoms with Crippen molar-refractivity contribution in [3.63, 3.8) is 0 Å². The molecular formula is C10H15N3. The zero-order chi connectivity index (χ0) is 9.53. The lowest BCUT2D eigenvalue weighted by atomic mass is 9.79. The first kappa shape index (κ1) is 8.63. The third-order valence-corrected chi connectivity index (χ3v) is 3.26. The van der Waals surface area contributed by atoms with E-state index < -0.39 is 0 Å². The lowest BCUT2D eigenvalue weighted by Crippen LogP contribution is -2.43. The van der Waals surface area contributed by atoms with E-state index in [9.17, 15) is 0 Å². The van der Waals surface area contributed by atoms with E-state index in [4.69, 9.17) is 5.73 Å². The molecule has 2 rings (SSSR count). The van der Waals surface area contributed by atoms with Crippen LogP contribution < -0.4 is 5.73 Å². The number of hydrogen-bond acceptors (Lipinski definition) is 3. The molecule has 0 spiro atoms. The third-order valence-electron chi connectivity index (χ3n) is 3.26. The Morgan fingerprint density at radius 2 is 2.15 bits per heavy atom. The normalized spacial score (nSPS) is 19.9. The maximum atomic E-state index is 6.20. The van der Waals surface area contributed by atoms with Crippen LogP contribution in [-0.4, -0.2) is 15.5 Å². The Morgan fingerprint density at radius 1 is 1.46 bits per heavy atom. The van der Waals surface area contributed by atoms with E-state index in [-0.39, 0.29) is 11.0 Å². The first-order valence-electron chi connectivity index (χ1n) is 4.62. The van der Waals surface area contributed by atoms with Gasteiger partial charge in [-0.3, -0.25) is 0 Å². The zero-order valence-electron chi connectivity index (χ0n) is 8.12. The molecule has 2 N–H and O–H groups in total. The average molecular weight is 177 g/mol. The minimum atomic E-state index is -0.0403. The lowest BCUT2D eigenvalue weighted by molar-refractivity contribution is 0.380. The van der Waals surface area contributed by atoms with Crippen molar-refractivity contribution in [3.05, 3.63) is 24.3 Å². The Balaban J connectivity index is 2.35. The Morgan fingerprint density at radius 3 is 2.62 bits per heavy atom. The monoisotopic (exact) mass is 177 g/mol. The van der Waals surface area contributed by atoms with E-state index in [1.165, 1.54) is 0 Å². The molecule has 13 heavy (non-hydrogen) atoms. The average Bonchev–Trinajstić information content (AvgIpc) is 2.87. The van der Waals surface area contributed by atoms with E-state index in [1.54, 1.807) is 12.5 Å². The molecule has 1 saturated carbocycles. The van der Waals surface area contributed by atoms with Gasteiger partial charge in [-0.1, -0.05) is 13.8 Å². The predicted octanol–water partition coefficient (Wildman–Crippen LogP) is 1.25. The summed E-state index contributed by atoms with van der Waals surface area (Å²) in [6.45, 7) is 4.31. The number of nitrogens with zero attached hydrogens (tertiary/aromatic N) is 2. The van der Waals surface area contributed by atoms with Gasteiger partial charge in [-0.25, -0.2) is 9.97 Å².